The van der Waals surface area contributed by atoms with Gasteiger partial charge in [0.25, 0.3) is 0 Å². The topological polar surface area (TPSA) is 134 Å². The molecule has 0 unspecified atom stereocenters. The number of rotatable bonds is 9. The summed E-state index contributed by atoms with van der Waals surface area (Å²) in [6.07, 6.45) is 6.96. The molecule has 0 amide bonds. The van der Waals surface area contributed by atoms with Gasteiger partial charge in [-0.05, 0) is 81.8 Å². The summed E-state index contributed by atoms with van der Waals surface area (Å²) in [5.74, 6) is -0.435. The fourth-order valence-corrected chi connectivity index (χ4v) is 11.1. The smallest absolute Gasteiger partial charge is 0.352 e. The zero-order valence-electron chi connectivity index (χ0n) is 28.3. The van der Waals surface area contributed by atoms with E-state index < -0.39 is 33.9 Å². The average Bonchev–Trinajstić information content (AvgIpc) is 3.53. The minimum Gasteiger partial charge on any atom is -0.392 e. The average molecular weight is 652 g/mol. The van der Waals surface area contributed by atoms with Crippen LogP contribution in [-0.2, 0) is 30.1 Å². The Bertz CT molecular complexity index is 1700. The van der Waals surface area contributed by atoms with Crippen LogP contribution >= 0.6 is 0 Å². The first kappa shape index (κ1) is 32.7. The van der Waals surface area contributed by atoms with E-state index in [4.69, 9.17) is 14.2 Å². The number of allylic oxidation sites excluding steroid dienone is 2. The molecule has 0 radical (unpaired) electrons. The number of para-hydroxylation sites is 1. The molecule has 6 aliphatic rings. The van der Waals surface area contributed by atoms with Gasteiger partial charge in [0.15, 0.2) is 5.78 Å². The number of ketones is 1. The quantitative estimate of drug-likeness (QED) is 0.312. The molecule has 2 bridgehead atoms. The van der Waals surface area contributed by atoms with Crippen molar-refractivity contribution in [2.45, 2.75) is 108 Å². The summed E-state index contributed by atoms with van der Waals surface area (Å²) in [7, 11) is 1.56. The summed E-state index contributed by atoms with van der Waals surface area (Å²) in [5.41, 5.74) is -4.66. The van der Waals surface area contributed by atoms with Gasteiger partial charge >= 0.3 is 11.4 Å². The number of methoxy groups -OCH3 is 1. The predicted molar refractivity (Wildman–Crippen MR) is 173 cm³/mol. The molecule has 47 heavy (non-hydrogen) atoms. The summed E-state index contributed by atoms with van der Waals surface area (Å²) in [6, 6.07) is 9.06. The maximum Gasteiger partial charge on any atom is 0.352 e. The van der Waals surface area contributed by atoms with Crippen LogP contribution in [0.2, 0.25) is 0 Å². The van der Waals surface area contributed by atoms with Crippen molar-refractivity contribution in [1.29, 1.82) is 0 Å². The van der Waals surface area contributed by atoms with E-state index in [2.05, 4.69) is 26.0 Å². The lowest BCUT2D eigenvalue weighted by Gasteiger charge is -2.72. The van der Waals surface area contributed by atoms with Crippen LogP contribution in [-0.4, -0.2) is 74.3 Å². The highest BCUT2D eigenvalue weighted by Crippen LogP contribution is 2.73. The lowest BCUT2D eigenvalue weighted by molar-refractivity contribution is -0.248. The molecule has 10 atom stereocenters. The van der Waals surface area contributed by atoms with Gasteiger partial charge in [0.2, 0.25) is 0 Å². The van der Waals surface area contributed by atoms with E-state index in [1.807, 2.05) is 25.1 Å². The molecule has 3 heterocycles. The molecule has 3 saturated carbocycles. The largest absolute Gasteiger partial charge is 0.392 e. The first-order valence-electron chi connectivity index (χ1n) is 17.1. The molecule has 2 aromatic rings. The van der Waals surface area contributed by atoms with Crippen molar-refractivity contribution < 1.29 is 29.2 Å². The first-order chi connectivity index (χ1) is 22.2. The number of hydrogen-bond donors (Lipinski definition) is 2. The fourth-order valence-electron chi connectivity index (χ4n) is 11.1. The minimum absolute atomic E-state index is 0.0363. The summed E-state index contributed by atoms with van der Waals surface area (Å²) in [5, 5.41) is 22.4. The maximum atomic E-state index is 14.8. The van der Waals surface area contributed by atoms with Crippen LogP contribution in [0.25, 0.3) is 5.69 Å². The van der Waals surface area contributed by atoms with Crippen LogP contribution in [0.1, 0.15) is 73.1 Å². The van der Waals surface area contributed by atoms with E-state index in [0.717, 1.165) is 25.7 Å². The Balaban J connectivity index is 1.40. The van der Waals surface area contributed by atoms with Gasteiger partial charge in [-0.1, -0.05) is 44.2 Å². The van der Waals surface area contributed by atoms with Gasteiger partial charge in [0.05, 0.1) is 35.1 Å². The second kappa shape index (κ2) is 10.8. The van der Waals surface area contributed by atoms with E-state index in [0.29, 0.717) is 18.5 Å². The zero-order chi connectivity index (χ0) is 33.7. The van der Waals surface area contributed by atoms with Gasteiger partial charge in [0, 0.05) is 25.4 Å². The number of Topliss-reactive ketones (excluding diaryl/α,β-unsaturated/α-hetero) is 1. The molecule has 3 fully saturated rings. The molecule has 2 spiro atoms. The molecular formula is C36H49N3O8. The van der Waals surface area contributed by atoms with E-state index in [-0.39, 0.29) is 60.2 Å². The summed E-state index contributed by atoms with van der Waals surface area (Å²) in [4.78, 5) is 42.1. The lowest BCUT2D eigenvalue weighted by atomic mass is 9.40. The molecule has 2 N–H and O–H groups in total. The highest BCUT2D eigenvalue weighted by Gasteiger charge is 2.77. The summed E-state index contributed by atoms with van der Waals surface area (Å²) < 4.78 is 22.2. The third-order valence-electron chi connectivity index (χ3n) is 13.3. The van der Waals surface area contributed by atoms with E-state index >= 15 is 0 Å². The number of carbonyl (C=O) groups is 1. The number of aromatic nitrogens is 3. The summed E-state index contributed by atoms with van der Waals surface area (Å²) >= 11 is 0. The number of fused-ring (bicyclic) bond motifs is 1. The Morgan fingerprint density at radius 2 is 1.74 bits per heavy atom. The van der Waals surface area contributed by atoms with Crippen molar-refractivity contribution in [3.8, 4) is 5.69 Å². The van der Waals surface area contributed by atoms with Crippen molar-refractivity contribution >= 4 is 5.78 Å². The Labute approximate surface area is 275 Å². The Hall–Kier alpha value is -2.83. The van der Waals surface area contributed by atoms with Crippen LogP contribution in [0.5, 0.6) is 0 Å². The van der Waals surface area contributed by atoms with Gasteiger partial charge in [-0.25, -0.2) is 23.5 Å². The Kier molecular flexibility index (Phi) is 7.54. The molecule has 1 aromatic heterocycles. The number of hydrogen-bond acceptors (Lipinski definition) is 8. The van der Waals surface area contributed by atoms with Crippen molar-refractivity contribution in [3.63, 3.8) is 0 Å². The first-order valence-corrected chi connectivity index (χ1v) is 17.1. The van der Waals surface area contributed by atoms with Crippen molar-refractivity contribution in [2.24, 2.45) is 28.6 Å². The van der Waals surface area contributed by atoms with E-state index in [1.54, 1.807) is 28.6 Å². The van der Waals surface area contributed by atoms with Gasteiger partial charge in [-0.3, -0.25) is 4.79 Å². The number of aliphatic hydroxyl groups excluding tert-OH is 1. The molecule has 0 saturated heterocycles. The van der Waals surface area contributed by atoms with Gasteiger partial charge in [-0.2, -0.15) is 0 Å². The van der Waals surface area contributed by atoms with Crippen molar-refractivity contribution in [2.75, 3.05) is 20.5 Å². The SMILES string of the molecule is COCO[C@H]1C[C@H](O)[C@]2(C)[C@H]3CC[C@]4(C)[C@@H]([C@H](C)OCC(=O)C(C)(C)O)CC[C@H]4[C@@]34C=C[C@]2(C1)n1c(=O)n(-c2ccccc2)c(=O)n14. The third-order valence-corrected chi connectivity index (χ3v) is 13.3. The third kappa shape index (κ3) is 4.19. The predicted octanol–water partition coefficient (Wildman–Crippen LogP) is 3.11. The number of benzene rings is 1. The number of nitrogens with zero attached hydrogens (tertiary/aromatic N) is 3. The number of carbonyl (C=O) groups excluding carboxylic acids is 1. The molecule has 4 aliphatic carbocycles. The van der Waals surface area contributed by atoms with Gasteiger partial charge in [0.1, 0.15) is 19.0 Å². The van der Waals surface area contributed by atoms with Gasteiger partial charge < -0.3 is 24.4 Å². The summed E-state index contributed by atoms with van der Waals surface area (Å²) in [6.45, 7) is 9.24. The van der Waals surface area contributed by atoms with E-state index in [9.17, 15) is 24.6 Å². The van der Waals surface area contributed by atoms with Crippen LogP contribution in [0.15, 0.2) is 52.1 Å². The van der Waals surface area contributed by atoms with Crippen LogP contribution in [0, 0.1) is 28.6 Å². The molecule has 1 aromatic carbocycles. The lowest BCUT2D eigenvalue weighted by Crippen LogP contribution is -2.79. The highest BCUT2D eigenvalue weighted by atomic mass is 16.7. The molecule has 256 valence electrons. The molecule has 11 nitrogen and oxygen atoms in total. The molecule has 2 aliphatic heterocycles. The standard InChI is InChI=1S/C36H49N3O8/c1-22(46-20-29(41)32(2,3)44)25-12-13-26-33(25,4)15-14-27-34(5)28(40)18-24(47-21-45-6)19-35(34)16-17-36(26,27)39-31(43)37(30(42)38(35)39)23-10-8-7-9-11-23/h7-11,16-17,22,24-28,40,44H,12-15,18-21H2,1-6H3/t22-,24-,25+,26+,27+,28-,33+,34-,35+,36-/m0/s1. The Morgan fingerprint density at radius 3 is 2.43 bits per heavy atom. The fraction of sp³-hybridized carbons (Fsp3) is 0.694. The van der Waals surface area contributed by atoms with Crippen molar-refractivity contribution in [1.82, 2.24) is 13.9 Å². The monoisotopic (exact) mass is 651 g/mol. The maximum absolute atomic E-state index is 14.8. The van der Waals surface area contributed by atoms with Crippen molar-refractivity contribution in [3.05, 3.63) is 63.5 Å². The van der Waals surface area contributed by atoms with Crippen LogP contribution in [0.3, 0.4) is 0 Å². The highest BCUT2D eigenvalue weighted by molar-refractivity contribution is 5.87. The molecular weight excluding hydrogens is 602 g/mol. The Morgan fingerprint density at radius 1 is 1.04 bits per heavy atom. The molecule has 8 rings (SSSR count). The second-order valence-corrected chi connectivity index (χ2v) is 15.8. The van der Waals surface area contributed by atoms with Gasteiger partial charge in [-0.15, -0.1) is 0 Å². The number of aliphatic hydroxyl groups is 2. The molecule has 11 heteroatoms. The van der Waals surface area contributed by atoms with Crippen LogP contribution < -0.4 is 11.4 Å². The normalized spacial score (nSPS) is 39.2. The number of ether oxygens (including phenoxy) is 3. The van der Waals surface area contributed by atoms with E-state index in [1.165, 1.54) is 18.4 Å². The second-order valence-electron chi connectivity index (χ2n) is 15.8. The minimum atomic E-state index is -1.47. The van der Waals surface area contributed by atoms with Crippen LogP contribution in [0.4, 0.5) is 0 Å². The zero-order valence-corrected chi connectivity index (χ0v) is 28.3.